The van der Waals surface area contributed by atoms with Gasteiger partial charge in [0.05, 0.1) is 0 Å². The van der Waals surface area contributed by atoms with Crippen LogP contribution in [0.25, 0.3) is 16.9 Å². The molecule has 2 aromatic carbocycles. The van der Waals surface area contributed by atoms with Crippen LogP contribution in [0.2, 0.25) is 0 Å². The van der Waals surface area contributed by atoms with E-state index in [1.165, 1.54) is 181 Å². The Bertz CT molecular complexity index is 1260. The molecule has 2 nitrogen and oxygen atoms in total. The maximum atomic E-state index is 11.7. The Kier molecular flexibility index (Phi) is 40.6. The van der Waals surface area contributed by atoms with E-state index in [1.807, 2.05) is 0 Å². The van der Waals surface area contributed by atoms with Crippen molar-refractivity contribution in [3.63, 3.8) is 0 Å². The summed E-state index contributed by atoms with van der Waals surface area (Å²) in [7, 11) is 0. The molecule has 0 unspecified atom stereocenters. The first-order valence-electron chi connectivity index (χ1n) is 26.2. The summed E-state index contributed by atoms with van der Waals surface area (Å²) in [5, 5.41) is 0. The molecular weight excluding hydrogens is 783 g/mol. The largest absolute Gasteiger partial charge is 2.00 e. The third-order valence-corrected chi connectivity index (χ3v) is 12.2. The van der Waals surface area contributed by atoms with Gasteiger partial charge in [-0.05, 0) is 86.8 Å². The molecule has 0 N–H and O–H groups in total. The summed E-state index contributed by atoms with van der Waals surface area (Å²) in [6, 6.07) is 17.7. The summed E-state index contributed by atoms with van der Waals surface area (Å²) in [6.07, 6.45) is 44.3. The second-order valence-electron chi connectivity index (χ2n) is 17.9. The number of hydrogen-bond donors (Lipinski definition) is 0. The van der Waals surface area contributed by atoms with Crippen LogP contribution in [0.15, 0.2) is 59.7 Å². The van der Waals surface area contributed by atoms with E-state index in [0.29, 0.717) is 0 Å². The fraction of sp³-hybridized carbons (Fsp3) is 0.690. The number of hydrogen-bond acceptors (Lipinski definition) is 0. The first-order chi connectivity index (χ1) is 29.5. The van der Waals surface area contributed by atoms with E-state index in [0.717, 1.165) is 86.7 Å². The fourth-order valence-electron chi connectivity index (χ4n) is 8.33. The molecule has 61 heavy (non-hydrogen) atoms. The second kappa shape index (κ2) is 42.0. The fourth-order valence-corrected chi connectivity index (χ4v) is 8.33. The molecule has 0 aromatic heterocycles. The number of unbranched alkanes of at least 4 members (excludes halogenated alkanes) is 24. The van der Waals surface area contributed by atoms with Crippen molar-refractivity contribution in [3.8, 4) is 0 Å². The standard InChI is InChI=1S/C32H44N2.2C13H27.Ni/c1-5-9-15-25-17-13-19-27(23-25)31-29(21-11-7-3)30(22-12-8-4)32(34(31)33)28-20-14-18-26(24-28)16-10-6-2;2*1-3-5-7-9-11-13-12-10-8-6-4-2;/h13-14,17-20,23-24H,5-12,15-16,21-22H2,1-4H3;2*1,3-13H2,2H3;/q;2*-1;+2. The van der Waals surface area contributed by atoms with Gasteiger partial charge in [-0.3, -0.25) is 0 Å². The summed E-state index contributed by atoms with van der Waals surface area (Å²) in [6.45, 7) is 21.3. The molecule has 1 heterocycles. The average molecular weight is 882 g/mol. The van der Waals surface area contributed by atoms with Crippen LogP contribution >= 0.6 is 0 Å². The molecule has 0 saturated carbocycles. The van der Waals surface area contributed by atoms with Gasteiger partial charge in [0.2, 0.25) is 11.4 Å². The first kappa shape index (κ1) is 59.0. The minimum absolute atomic E-state index is 0. The summed E-state index contributed by atoms with van der Waals surface area (Å²) < 4.78 is 1.54. The average Bonchev–Trinajstić information content (AvgIpc) is 3.55. The van der Waals surface area contributed by atoms with Crippen LogP contribution in [0.3, 0.4) is 0 Å². The van der Waals surface area contributed by atoms with Crippen molar-refractivity contribution in [1.82, 2.24) is 0 Å². The van der Waals surface area contributed by atoms with Gasteiger partial charge in [-0.2, -0.15) is 12.8 Å². The summed E-state index contributed by atoms with van der Waals surface area (Å²) in [4.78, 5) is 0. The van der Waals surface area contributed by atoms with E-state index < -0.39 is 0 Å². The quantitative estimate of drug-likeness (QED) is 0.0290. The molecule has 0 radical (unpaired) electrons. The number of rotatable bonds is 34. The molecule has 2 aromatic rings. The van der Waals surface area contributed by atoms with Gasteiger partial charge in [0, 0.05) is 22.3 Å². The molecule has 0 amide bonds. The second-order valence-corrected chi connectivity index (χ2v) is 17.9. The van der Waals surface area contributed by atoms with Crippen molar-refractivity contribution in [2.75, 3.05) is 0 Å². The van der Waals surface area contributed by atoms with Gasteiger partial charge in [0.1, 0.15) is 0 Å². The molecule has 0 spiro atoms. The van der Waals surface area contributed by atoms with Crippen LogP contribution in [-0.2, 0) is 29.3 Å². The molecule has 3 rings (SSSR count). The third-order valence-electron chi connectivity index (χ3n) is 12.2. The van der Waals surface area contributed by atoms with E-state index in [1.54, 1.807) is 0 Å². The Morgan fingerprint density at radius 3 is 0.951 bits per heavy atom. The molecule has 1 aliphatic heterocycles. The van der Waals surface area contributed by atoms with Crippen molar-refractivity contribution < 1.29 is 21.2 Å². The Hall–Kier alpha value is -1.99. The molecule has 0 aliphatic carbocycles. The van der Waals surface area contributed by atoms with Gasteiger partial charge in [-0.15, -0.1) is 0 Å². The van der Waals surface area contributed by atoms with Gasteiger partial charge < -0.3 is 19.4 Å². The van der Waals surface area contributed by atoms with Gasteiger partial charge in [-0.1, -0.05) is 220 Å². The van der Waals surface area contributed by atoms with Crippen LogP contribution in [0, 0.1) is 13.8 Å². The smallest absolute Gasteiger partial charge is 0.493 e. The molecule has 0 bridgehead atoms. The zero-order valence-electron chi connectivity index (χ0n) is 41.3. The number of allylic oxidation sites excluding steroid dienone is 2. The predicted octanol–water partition coefficient (Wildman–Crippen LogP) is 20.2. The van der Waals surface area contributed by atoms with Crippen LogP contribution in [0.4, 0.5) is 0 Å². The Morgan fingerprint density at radius 2 is 0.656 bits per heavy atom. The van der Waals surface area contributed by atoms with E-state index in [-0.39, 0.29) is 16.5 Å². The third kappa shape index (κ3) is 27.1. The van der Waals surface area contributed by atoms with Crippen LogP contribution < -0.4 is 0 Å². The zero-order chi connectivity index (χ0) is 43.9. The Morgan fingerprint density at radius 1 is 0.377 bits per heavy atom. The number of nitrogens with zero attached hydrogens (tertiary/aromatic N) is 2. The molecule has 1 aliphatic rings. The van der Waals surface area contributed by atoms with E-state index >= 15 is 0 Å². The van der Waals surface area contributed by atoms with Crippen molar-refractivity contribution in [3.05, 3.63) is 101 Å². The Balaban J connectivity index is 0.00000110. The predicted molar refractivity (Wildman–Crippen MR) is 270 cm³/mol. The SMILES string of the molecule is CCCCC1=C(c2cccc(CCCC)c2)[N+](=[N-])C(c2cccc(CCCC)c2)=C1CCCC.[CH2-]CCCCCCCCCCCC.[CH2-]CCCCCCCCCCCC.[Ni+2]. The molecule has 350 valence electrons. The summed E-state index contributed by atoms with van der Waals surface area (Å²) in [5.74, 6) is 0. The van der Waals surface area contributed by atoms with Crippen molar-refractivity contribution in [2.45, 2.75) is 260 Å². The minimum atomic E-state index is 0. The summed E-state index contributed by atoms with van der Waals surface area (Å²) >= 11 is 0. The first-order valence-corrected chi connectivity index (χ1v) is 26.2. The molecule has 0 saturated heterocycles. The molecule has 3 heteroatoms. The van der Waals surface area contributed by atoms with Crippen molar-refractivity contribution in [2.24, 2.45) is 0 Å². The van der Waals surface area contributed by atoms with Gasteiger partial charge in [-0.25, -0.2) is 4.70 Å². The van der Waals surface area contributed by atoms with Gasteiger partial charge in [0.15, 0.2) is 0 Å². The Labute approximate surface area is 391 Å². The summed E-state index contributed by atoms with van der Waals surface area (Å²) in [5.41, 5.74) is 21.5. The minimum Gasteiger partial charge on any atom is -0.493 e. The maximum absolute atomic E-state index is 11.7. The van der Waals surface area contributed by atoms with E-state index in [4.69, 9.17) is 0 Å². The van der Waals surface area contributed by atoms with Gasteiger partial charge in [0.25, 0.3) is 0 Å². The van der Waals surface area contributed by atoms with Crippen LogP contribution in [-0.4, -0.2) is 4.70 Å². The van der Waals surface area contributed by atoms with E-state index in [9.17, 15) is 5.53 Å². The monoisotopic (exact) mass is 881 g/mol. The number of benzene rings is 2. The molecular formula is C58H98N2Ni. The van der Waals surface area contributed by atoms with E-state index in [2.05, 4.69) is 104 Å². The van der Waals surface area contributed by atoms with Gasteiger partial charge >= 0.3 is 16.5 Å². The molecule has 0 fully saturated rings. The van der Waals surface area contributed by atoms with Crippen molar-refractivity contribution >= 4 is 11.4 Å². The van der Waals surface area contributed by atoms with Crippen molar-refractivity contribution in [1.29, 1.82) is 0 Å². The normalized spacial score (nSPS) is 12.3. The maximum Gasteiger partial charge on any atom is 2.00 e. The zero-order valence-corrected chi connectivity index (χ0v) is 42.3. The topological polar surface area (TPSA) is 25.3 Å². The van der Waals surface area contributed by atoms with Crippen LogP contribution in [0.1, 0.15) is 269 Å². The number of aryl methyl sites for hydroxylation is 2. The van der Waals surface area contributed by atoms with Crippen LogP contribution in [0.5, 0.6) is 0 Å². The molecule has 0 atom stereocenters.